The Balaban J connectivity index is 1.91. The highest BCUT2D eigenvalue weighted by Crippen LogP contribution is 2.35. The monoisotopic (exact) mass is 351 g/mol. The lowest BCUT2D eigenvalue weighted by Crippen LogP contribution is -2.09. The van der Waals surface area contributed by atoms with Crippen molar-refractivity contribution in [2.75, 3.05) is 5.73 Å². The van der Waals surface area contributed by atoms with Crippen molar-refractivity contribution in [3.05, 3.63) is 120 Å². The van der Waals surface area contributed by atoms with Crippen molar-refractivity contribution in [1.29, 1.82) is 0 Å². The summed E-state index contributed by atoms with van der Waals surface area (Å²) in [6.07, 6.45) is 7.85. The molecule has 2 N–H and O–H groups in total. The lowest BCUT2D eigenvalue weighted by atomic mass is 9.87. The Morgan fingerprint density at radius 3 is 1.93 bits per heavy atom. The summed E-state index contributed by atoms with van der Waals surface area (Å²) in [5.41, 5.74) is 11.3. The summed E-state index contributed by atoms with van der Waals surface area (Å²) >= 11 is 0. The van der Waals surface area contributed by atoms with Gasteiger partial charge in [-0.25, -0.2) is 4.98 Å². The summed E-state index contributed by atoms with van der Waals surface area (Å²) in [4.78, 5) is 4.27. The van der Waals surface area contributed by atoms with Gasteiger partial charge in [0.2, 0.25) is 0 Å². The largest absolute Gasteiger partial charge is 0.399 e. The Kier molecular flexibility index (Phi) is 4.84. The third-order valence-electron chi connectivity index (χ3n) is 4.62. The lowest BCUT2D eigenvalue weighted by molar-refractivity contribution is 0.934. The van der Waals surface area contributed by atoms with E-state index in [1.165, 1.54) is 11.1 Å². The van der Waals surface area contributed by atoms with Crippen LogP contribution < -0.4 is 5.73 Å². The molecule has 0 saturated heterocycles. The quantitative estimate of drug-likeness (QED) is 0.496. The molecular formula is C24H21N3. The molecule has 0 atom stereocenters. The van der Waals surface area contributed by atoms with Gasteiger partial charge in [0.25, 0.3) is 0 Å². The van der Waals surface area contributed by atoms with E-state index < -0.39 is 0 Å². The number of hydrogen-bond donors (Lipinski definition) is 1. The van der Waals surface area contributed by atoms with Crippen LogP contribution in [0.15, 0.2) is 104 Å². The van der Waals surface area contributed by atoms with Gasteiger partial charge in [0.1, 0.15) is 0 Å². The number of anilines is 1. The highest BCUT2D eigenvalue weighted by Gasteiger charge is 2.20. The van der Waals surface area contributed by atoms with Gasteiger partial charge in [0.15, 0.2) is 0 Å². The van der Waals surface area contributed by atoms with Gasteiger partial charge < -0.3 is 10.3 Å². The molecule has 132 valence electrons. The van der Waals surface area contributed by atoms with Crippen LogP contribution in [-0.2, 0) is 0 Å². The number of nitrogen functional groups attached to an aromatic ring is 1. The molecule has 1 aromatic heterocycles. The zero-order chi connectivity index (χ0) is 18.5. The minimum absolute atomic E-state index is 0.0825. The minimum atomic E-state index is 0.0825. The van der Waals surface area contributed by atoms with Gasteiger partial charge in [0.05, 0.1) is 6.33 Å². The first kappa shape index (κ1) is 16.9. The zero-order valence-electron chi connectivity index (χ0n) is 14.9. The molecule has 0 spiro atoms. The van der Waals surface area contributed by atoms with Crippen molar-refractivity contribution < 1.29 is 0 Å². The fraction of sp³-hybridized carbons (Fsp3) is 0.0417. The molecule has 3 heteroatoms. The van der Waals surface area contributed by atoms with E-state index in [2.05, 4.69) is 64.2 Å². The second-order valence-corrected chi connectivity index (χ2v) is 6.46. The van der Waals surface area contributed by atoms with Gasteiger partial charge in [-0.15, -0.1) is 0 Å². The van der Waals surface area contributed by atoms with Gasteiger partial charge >= 0.3 is 0 Å². The van der Waals surface area contributed by atoms with Crippen LogP contribution in [0.4, 0.5) is 5.69 Å². The number of hydrogen-bond acceptors (Lipinski definition) is 2. The summed E-state index contributed by atoms with van der Waals surface area (Å²) in [5, 5.41) is 0. The Labute approximate surface area is 159 Å². The van der Waals surface area contributed by atoms with Crippen LogP contribution in [0, 0.1) is 0 Å². The van der Waals surface area contributed by atoms with Crippen LogP contribution in [0.25, 0.3) is 11.8 Å². The number of aromatic nitrogens is 2. The fourth-order valence-corrected chi connectivity index (χ4v) is 3.31. The zero-order valence-corrected chi connectivity index (χ0v) is 14.9. The van der Waals surface area contributed by atoms with Crippen LogP contribution in [-0.4, -0.2) is 9.55 Å². The molecule has 4 rings (SSSR count). The maximum absolute atomic E-state index is 5.86. The van der Waals surface area contributed by atoms with E-state index in [4.69, 9.17) is 5.73 Å². The van der Waals surface area contributed by atoms with Crippen molar-refractivity contribution in [2.45, 2.75) is 5.92 Å². The molecule has 0 fully saturated rings. The van der Waals surface area contributed by atoms with Gasteiger partial charge in [0, 0.05) is 29.7 Å². The number of imidazole rings is 1. The van der Waals surface area contributed by atoms with Gasteiger partial charge in [-0.2, -0.15) is 0 Å². The third-order valence-corrected chi connectivity index (χ3v) is 4.62. The van der Waals surface area contributed by atoms with E-state index in [-0.39, 0.29) is 5.92 Å². The molecule has 0 aliphatic rings. The van der Waals surface area contributed by atoms with Crippen LogP contribution in [0.1, 0.15) is 22.6 Å². The first-order chi connectivity index (χ1) is 13.3. The molecule has 4 aromatic rings. The topological polar surface area (TPSA) is 43.8 Å². The molecular weight excluding hydrogens is 330 g/mol. The van der Waals surface area contributed by atoms with Crippen molar-refractivity contribution in [3.8, 4) is 0 Å². The van der Waals surface area contributed by atoms with Crippen LogP contribution in [0.5, 0.6) is 0 Å². The van der Waals surface area contributed by atoms with E-state index in [1.54, 1.807) is 0 Å². The maximum atomic E-state index is 5.86. The fourth-order valence-electron chi connectivity index (χ4n) is 3.31. The van der Waals surface area contributed by atoms with Crippen molar-refractivity contribution in [3.63, 3.8) is 0 Å². The Bertz CT molecular complexity index is 963. The van der Waals surface area contributed by atoms with Crippen LogP contribution >= 0.6 is 0 Å². The number of nitrogens with zero attached hydrogens (tertiary/aromatic N) is 2. The second-order valence-electron chi connectivity index (χ2n) is 6.46. The Morgan fingerprint density at radius 1 is 0.815 bits per heavy atom. The number of allylic oxidation sites excluding steroid dienone is 1. The first-order valence-corrected chi connectivity index (χ1v) is 8.96. The van der Waals surface area contributed by atoms with E-state index in [0.717, 1.165) is 16.9 Å². The summed E-state index contributed by atoms with van der Waals surface area (Å²) in [6.45, 7) is 0. The van der Waals surface area contributed by atoms with E-state index >= 15 is 0 Å². The van der Waals surface area contributed by atoms with Gasteiger partial charge in [-0.3, -0.25) is 0 Å². The highest BCUT2D eigenvalue weighted by atomic mass is 15.0. The molecule has 0 radical (unpaired) electrons. The standard InChI is InChI=1S/C24H21N3/c25-22-13-11-19(12-14-22)17-23(27-16-15-26-18-27)24(20-7-3-1-4-8-20)21-9-5-2-6-10-21/h1-18,24H,25H2/b23-17+. The molecule has 0 unspecified atom stereocenters. The summed E-state index contributed by atoms with van der Waals surface area (Å²) in [6, 6.07) is 29.1. The maximum Gasteiger partial charge on any atom is 0.0989 e. The normalized spacial score (nSPS) is 11.7. The SMILES string of the molecule is Nc1ccc(/C=C(\C(c2ccccc2)c2ccccc2)n2ccnc2)cc1. The van der Waals surface area contributed by atoms with Gasteiger partial charge in [-0.05, 0) is 34.9 Å². The average Bonchev–Trinajstić information content (AvgIpc) is 3.25. The summed E-state index contributed by atoms with van der Waals surface area (Å²) in [5.74, 6) is 0.0825. The van der Waals surface area contributed by atoms with Crippen LogP contribution in [0.2, 0.25) is 0 Å². The lowest BCUT2D eigenvalue weighted by Gasteiger charge is -2.23. The molecule has 3 aromatic carbocycles. The number of rotatable bonds is 5. The summed E-state index contributed by atoms with van der Waals surface area (Å²) < 4.78 is 2.08. The molecule has 1 heterocycles. The molecule has 0 aliphatic heterocycles. The number of benzene rings is 3. The smallest absolute Gasteiger partial charge is 0.0989 e. The third kappa shape index (κ3) is 3.82. The van der Waals surface area contributed by atoms with Crippen molar-refractivity contribution >= 4 is 17.5 Å². The second kappa shape index (κ2) is 7.75. The molecule has 0 saturated carbocycles. The van der Waals surface area contributed by atoms with Crippen molar-refractivity contribution in [1.82, 2.24) is 9.55 Å². The van der Waals surface area contributed by atoms with E-state index in [0.29, 0.717) is 0 Å². The van der Waals surface area contributed by atoms with E-state index in [9.17, 15) is 0 Å². The first-order valence-electron chi connectivity index (χ1n) is 8.96. The predicted octanol–water partition coefficient (Wildman–Crippen LogP) is 5.30. The summed E-state index contributed by atoms with van der Waals surface area (Å²) in [7, 11) is 0. The average molecular weight is 351 g/mol. The van der Waals surface area contributed by atoms with Crippen LogP contribution in [0.3, 0.4) is 0 Å². The highest BCUT2D eigenvalue weighted by molar-refractivity contribution is 5.78. The van der Waals surface area contributed by atoms with Crippen molar-refractivity contribution in [2.24, 2.45) is 0 Å². The number of nitrogens with two attached hydrogens (primary N) is 1. The molecule has 0 amide bonds. The molecule has 0 aliphatic carbocycles. The Hall–Kier alpha value is -3.59. The molecule has 27 heavy (non-hydrogen) atoms. The Morgan fingerprint density at radius 2 is 1.41 bits per heavy atom. The molecule has 0 bridgehead atoms. The molecule has 3 nitrogen and oxygen atoms in total. The predicted molar refractivity (Wildman–Crippen MR) is 112 cm³/mol. The minimum Gasteiger partial charge on any atom is -0.399 e. The van der Waals surface area contributed by atoms with Gasteiger partial charge in [-0.1, -0.05) is 72.8 Å². The van der Waals surface area contributed by atoms with E-state index in [1.807, 2.05) is 55.1 Å².